The summed E-state index contributed by atoms with van der Waals surface area (Å²) in [6.45, 7) is 2.20. The average molecular weight is 289 g/mol. The van der Waals surface area contributed by atoms with E-state index in [1.807, 2.05) is 25.1 Å². The van der Waals surface area contributed by atoms with E-state index in [4.69, 9.17) is 26.5 Å². The van der Waals surface area contributed by atoms with Crippen molar-refractivity contribution in [2.45, 2.75) is 13.5 Å². The lowest BCUT2D eigenvalue weighted by molar-refractivity contribution is 0.265. The minimum atomic E-state index is 0.261. The van der Waals surface area contributed by atoms with Gasteiger partial charge in [0.15, 0.2) is 12.2 Å². The number of nitrogen functional groups attached to an aromatic ring is 1. The van der Waals surface area contributed by atoms with E-state index in [1.165, 1.54) is 0 Å². The second kappa shape index (κ2) is 5.06. The number of halogens is 1. The van der Waals surface area contributed by atoms with E-state index in [9.17, 15) is 0 Å². The summed E-state index contributed by atoms with van der Waals surface area (Å²) in [4.78, 5) is 4.34. The summed E-state index contributed by atoms with van der Waals surface area (Å²) in [7, 11) is 0. The molecule has 2 N–H and O–H groups in total. The molecule has 0 unspecified atom stereocenters. The number of aromatic nitrogens is 1. The fourth-order valence-corrected chi connectivity index (χ4v) is 2.19. The Labute approximate surface area is 121 Å². The molecule has 3 aromatic rings. The van der Waals surface area contributed by atoms with Gasteiger partial charge < -0.3 is 14.9 Å². The van der Waals surface area contributed by atoms with E-state index in [0.29, 0.717) is 22.2 Å². The molecule has 0 amide bonds. The second-order valence-corrected chi connectivity index (χ2v) is 4.97. The summed E-state index contributed by atoms with van der Waals surface area (Å²) < 4.78 is 11.3. The number of nitrogens with zero attached hydrogens (tertiary/aromatic N) is 1. The van der Waals surface area contributed by atoms with Gasteiger partial charge in [0.25, 0.3) is 0 Å². The average Bonchev–Trinajstić information content (AvgIpc) is 2.79. The molecule has 0 bridgehead atoms. The number of benzene rings is 2. The Morgan fingerprint density at radius 3 is 2.90 bits per heavy atom. The predicted octanol–water partition coefficient (Wildman–Crippen LogP) is 3.95. The highest BCUT2D eigenvalue weighted by molar-refractivity contribution is 6.30. The number of anilines is 1. The summed E-state index contributed by atoms with van der Waals surface area (Å²) >= 11 is 5.90. The van der Waals surface area contributed by atoms with Gasteiger partial charge in [-0.3, -0.25) is 0 Å². The van der Waals surface area contributed by atoms with E-state index in [2.05, 4.69) is 4.98 Å². The third kappa shape index (κ3) is 2.56. The van der Waals surface area contributed by atoms with Crippen molar-refractivity contribution in [3.8, 4) is 5.75 Å². The maximum absolute atomic E-state index is 5.90. The standard InChI is InChI=1S/C15H13ClN2O2/c1-9-6-10(16)2-5-13(9)19-8-15-18-12-4-3-11(17)7-14(12)20-15/h2-7H,8,17H2,1H3. The van der Waals surface area contributed by atoms with Crippen LogP contribution in [0.5, 0.6) is 5.75 Å². The van der Waals surface area contributed by atoms with E-state index in [-0.39, 0.29) is 6.61 Å². The summed E-state index contributed by atoms with van der Waals surface area (Å²) in [6, 6.07) is 10.8. The minimum Gasteiger partial charge on any atom is -0.484 e. The fourth-order valence-electron chi connectivity index (χ4n) is 1.96. The first-order valence-corrected chi connectivity index (χ1v) is 6.53. The number of nitrogens with two attached hydrogens (primary N) is 1. The molecular weight excluding hydrogens is 276 g/mol. The molecule has 0 saturated heterocycles. The molecule has 102 valence electrons. The first-order valence-electron chi connectivity index (χ1n) is 6.16. The van der Waals surface area contributed by atoms with E-state index in [0.717, 1.165) is 16.8 Å². The van der Waals surface area contributed by atoms with Gasteiger partial charge in [-0.2, -0.15) is 0 Å². The Balaban J connectivity index is 1.79. The van der Waals surface area contributed by atoms with Crippen molar-refractivity contribution in [2.75, 3.05) is 5.73 Å². The number of hydrogen-bond donors (Lipinski definition) is 1. The highest BCUT2D eigenvalue weighted by Crippen LogP contribution is 2.24. The Bertz CT molecular complexity index is 768. The highest BCUT2D eigenvalue weighted by atomic mass is 35.5. The summed E-state index contributed by atoms with van der Waals surface area (Å²) in [5, 5.41) is 0.687. The van der Waals surface area contributed by atoms with Gasteiger partial charge in [-0.1, -0.05) is 11.6 Å². The maximum atomic E-state index is 5.90. The lowest BCUT2D eigenvalue weighted by Crippen LogP contribution is -1.97. The van der Waals surface area contributed by atoms with Crippen LogP contribution in [0.3, 0.4) is 0 Å². The largest absolute Gasteiger partial charge is 0.484 e. The molecule has 0 spiro atoms. The predicted molar refractivity (Wildman–Crippen MR) is 78.9 cm³/mol. The quantitative estimate of drug-likeness (QED) is 0.741. The maximum Gasteiger partial charge on any atom is 0.233 e. The number of hydrogen-bond acceptors (Lipinski definition) is 4. The molecule has 4 nitrogen and oxygen atoms in total. The first-order chi connectivity index (χ1) is 9.61. The molecule has 20 heavy (non-hydrogen) atoms. The Morgan fingerprint density at radius 2 is 2.10 bits per heavy atom. The van der Waals surface area contributed by atoms with Crippen LogP contribution in [0.25, 0.3) is 11.1 Å². The molecule has 0 atom stereocenters. The number of rotatable bonds is 3. The van der Waals surface area contributed by atoms with E-state index < -0.39 is 0 Å². The molecule has 3 rings (SSSR count). The van der Waals surface area contributed by atoms with Crippen molar-refractivity contribution < 1.29 is 9.15 Å². The molecule has 2 aromatic carbocycles. The zero-order chi connectivity index (χ0) is 14.1. The molecule has 5 heteroatoms. The number of aryl methyl sites for hydroxylation is 1. The van der Waals surface area contributed by atoms with Gasteiger partial charge >= 0.3 is 0 Å². The molecule has 0 fully saturated rings. The van der Waals surface area contributed by atoms with Crippen LogP contribution >= 0.6 is 11.6 Å². The van der Waals surface area contributed by atoms with Gasteiger partial charge in [0.05, 0.1) is 0 Å². The zero-order valence-electron chi connectivity index (χ0n) is 10.9. The van der Waals surface area contributed by atoms with Gasteiger partial charge in [-0.05, 0) is 42.8 Å². The van der Waals surface area contributed by atoms with Gasteiger partial charge in [-0.25, -0.2) is 4.98 Å². The smallest absolute Gasteiger partial charge is 0.233 e. The molecule has 0 aliphatic carbocycles. The van der Waals surface area contributed by atoms with Crippen molar-refractivity contribution in [1.82, 2.24) is 4.98 Å². The number of oxazole rings is 1. The van der Waals surface area contributed by atoms with Crippen LogP contribution in [-0.2, 0) is 6.61 Å². The molecule has 1 aromatic heterocycles. The molecular formula is C15H13ClN2O2. The SMILES string of the molecule is Cc1cc(Cl)ccc1OCc1nc2ccc(N)cc2o1. The fraction of sp³-hybridized carbons (Fsp3) is 0.133. The molecule has 0 saturated carbocycles. The molecule has 0 aliphatic rings. The van der Waals surface area contributed by atoms with Crippen LogP contribution < -0.4 is 10.5 Å². The normalized spacial score (nSPS) is 10.9. The summed E-state index contributed by atoms with van der Waals surface area (Å²) in [5.74, 6) is 1.27. The topological polar surface area (TPSA) is 61.3 Å². The monoisotopic (exact) mass is 288 g/mol. The van der Waals surface area contributed by atoms with Crippen molar-refractivity contribution in [3.05, 3.63) is 52.9 Å². The summed E-state index contributed by atoms with van der Waals surface area (Å²) in [5.41, 5.74) is 8.75. The highest BCUT2D eigenvalue weighted by Gasteiger charge is 2.08. The lowest BCUT2D eigenvalue weighted by atomic mass is 10.2. The van der Waals surface area contributed by atoms with Crippen LogP contribution in [-0.4, -0.2) is 4.98 Å². The van der Waals surface area contributed by atoms with Crippen LogP contribution in [0.15, 0.2) is 40.8 Å². The second-order valence-electron chi connectivity index (χ2n) is 4.53. The zero-order valence-corrected chi connectivity index (χ0v) is 11.6. The van der Waals surface area contributed by atoms with Gasteiger partial charge in [0.2, 0.25) is 5.89 Å². The number of fused-ring (bicyclic) bond motifs is 1. The van der Waals surface area contributed by atoms with E-state index >= 15 is 0 Å². The molecule has 1 heterocycles. The van der Waals surface area contributed by atoms with Crippen molar-refractivity contribution in [2.24, 2.45) is 0 Å². The number of ether oxygens (including phenoxy) is 1. The van der Waals surface area contributed by atoms with Gasteiger partial charge in [0.1, 0.15) is 11.3 Å². The Kier molecular flexibility index (Phi) is 3.24. The van der Waals surface area contributed by atoms with E-state index in [1.54, 1.807) is 18.2 Å². The van der Waals surface area contributed by atoms with Crippen LogP contribution in [0, 0.1) is 6.92 Å². The minimum absolute atomic E-state index is 0.261. The molecule has 0 aliphatic heterocycles. The van der Waals surface area contributed by atoms with Crippen molar-refractivity contribution in [3.63, 3.8) is 0 Å². The van der Waals surface area contributed by atoms with Crippen molar-refractivity contribution >= 4 is 28.4 Å². The Morgan fingerprint density at radius 1 is 1.25 bits per heavy atom. The first kappa shape index (κ1) is 12.8. The van der Waals surface area contributed by atoms with Crippen molar-refractivity contribution in [1.29, 1.82) is 0 Å². The van der Waals surface area contributed by atoms with Gasteiger partial charge in [0, 0.05) is 16.8 Å². The molecule has 0 radical (unpaired) electrons. The van der Waals surface area contributed by atoms with Gasteiger partial charge in [-0.15, -0.1) is 0 Å². The van der Waals surface area contributed by atoms with Crippen LogP contribution in [0.2, 0.25) is 5.02 Å². The van der Waals surface area contributed by atoms with Crippen LogP contribution in [0.4, 0.5) is 5.69 Å². The lowest BCUT2D eigenvalue weighted by Gasteiger charge is -2.06. The Hall–Kier alpha value is -2.20. The third-order valence-corrected chi connectivity index (χ3v) is 3.18. The van der Waals surface area contributed by atoms with Crippen LogP contribution in [0.1, 0.15) is 11.5 Å². The summed E-state index contributed by atoms with van der Waals surface area (Å²) in [6.07, 6.45) is 0. The third-order valence-electron chi connectivity index (χ3n) is 2.94.